The molecule has 1 N–H and O–H groups in total. The van der Waals surface area contributed by atoms with Gasteiger partial charge in [0, 0.05) is 37.0 Å². The van der Waals surface area contributed by atoms with E-state index in [0.717, 1.165) is 33.4 Å². The lowest BCUT2D eigenvalue weighted by Gasteiger charge is -2.33. The summed E-state index contributed by atoms with van der Waals surface area (Å²) in [6.07, 6.45) is 1.40. The van der Waals surface area contributed by atoms with Gasteiger partial charge < -0.3 is 24.6 Å². The van der Waals surface area contributed by atoms with Crippen molar-refractivity contribution < 1.29 is 19.1 Å². The van der Waals surface area contributed by atoms with E-state index in [2.05, 4.69) is 24.1 Å². The fraction of sp³-hybridized carbons (Fsp3) is 0.538. The fourth-order valence-corrected chi connectivity index (χ4v) is 5.66. The number of likely N-dealkylation sites (tertiary alicyclic amines) is 1. The van der Waals surface area contributed by atoms with Crippen molar-refractivity contribution in [2.75, 3.05) is 53.5 Å². The van der Waals surface area contributed by atoms with Gasteiger partial charge >= 0.3 is 0 Å². The van der Waals surface area contributed by atoms with Gasteiger partial charge in [0.1, 0.15) is 13.2 Å². The molecule has 7 nitrogen and oxygen atoms in total. The molecule has 0 radical (unpaired) electrons. The molecule has 0 unspecified atom stereocenters. The van der Waals surface area contributed by atoms with Gasteiger partial charge in [-0.1, -0.05) is 13.8 Å². The standard InChI is InChI=1S/C26H35N3O4S/c1-26(2,17-28(3)4)16-27-24(30)18-9-11-29(12-10-18)25(31)23-8-7-22(34-23)19-5-6-20-21(15-19)33-14-13-32-20/h5-8,15,18H,9-14,16-17H2,1-4H3,(H,27,30). The van der Waals surface area contributed by atoms with E-state index in [0.29, 0.717) is 45.7 Å². The highest BCUT2D eigenvalue weighted by atomic mass is 32.1. The van der Waals surface area contributed by atoms with Gasteiger partial charge in [-0.15, -0.1) is 11.3 Å². The largest absolute Gasteiger partial charge is 0.486 e. The summed E-state index contributed by atoms with van der Waals surface area (Å²) in [7, 11) is 4.09. The molecule has 0 bridgehead atoms. The third-order valence-electron chi connectivity index (χ3n) is 6.28. The molecule has 0 saturated carbocycles. The third kappa shape index (κ3) is 5.91. The number of carbonyl (C=O) groups excluding carboxylic acids is 2. The molecular weight excluding hydrogens is 450 g/mol. The second-order valence-electron chi connectivity index (χ2n) is 10.2. The molecule has 2 aliphatic heterocycles. The van der Waals surface area contributed by atoms with Crippen LogP contribution in [0.4, 0.5) is 0 Å². The summed E-state index contributed by atoms with van der Waals surface area (Å²) in [5.41, 5.74) is 1.03. The number of hydrogen-bond acceptors (Lipinski definition) is 6. The molecule has 2 amide bonds. The molecule has 3 heterocycles. The van der Waals surface area contributed by atoms with E-state index in [-0.39, 0.29) is 23.1 Å². The second kappa shape index (κ2) is 10.4. The number of rotatable bonds is 7. The minimum absolute atomic E-state index is 0.0178. The van der Waals surface area contributed by atoms with Crippen molar-refractivity contribution in [1.29, 1.82) is 0 Å². The molecule has 1 aromatic heterocycles. The summed E-state index contributed by atoms with van der Waals surface area (Å²) in [5, 5.41) is 3.13. The average Bonchev–Trinajstić information content (AvgIpc) is 3.31. The van der Waals surface area contributed by atoms with Gasteiger partial charge in [-0.2, -0.15) is 0 Å². The zero-order valence-electron chi connectivity index (χ0n) is 20.6. The zero-order chi connectivity index (χ0) is 24.3. The number of nitrogens with zero attached hydrogens (tertiary/aromatic N) is 2. The molecule has 4 rings (SSSR count). The zero-order valence-corrected chi connectivity index (χ0v) is 21.4. The normalized spacial score (nSPS) is 16.6. The van der Waals surface area contributed by atoms with Crippen molar-refractivity contribution in [2.45, 2.75) is 26.7 Å². The van der Waals surface area contributed by atoms with Crippen LogP contribution in [-0.2, 0) is 4.79 Å². The van der Waals surface area contributed by atoms with Crippen LogP contribution in [0.2, 0.25) is 0 Å². The lowest BCUT2D eigenvalue weighted by atomic mass is 9.91. The predicted octanol–water partition coefficient (Wildman–Crippen LogP) is 3.74. The lowest BCUT2D eigenvalue weighted by molar-refractivity contribution is -0.126. The summed E-state index contributed by atoms with van der Waals surface area (Å²) in [6, 6.07) is 9.77. The molecule has 184 valence electrons. The number of carbonyl (C=O) groups is 2. The first-order valence-corrected chi connectivity index (χ1v) is 12.7. The summed E-state index contributed by atoms with van der Waals surface area (Å²) < 4.78 is 11.3. The minimum Gasteiger partial charge on any atom is -0.486 e. The topological polar surface area (TPSA) is 71.1 Å². The predicted molar refractivity (Wildman–Crippen MR) is 135 cm³/mol. The van der Waals surface area contributed by atoms with Crippen LogP contribution in [0.25, 0.3) is 10.4 Å². The molecule has 0 atom stereocenters. The first-order valence-electron chi connectivity index (χ1n) is 11.9. The average molecular weight is 486 g/mol. The fourth-order valence-electron chi connectivity index (χ4n) is 4.69. The van der Waals surface area contributed by atoms with E-state index < -0.39 is 0 Å². The SMILES string of the molecule is CN(C)CC(C)(C)CNC(=O)C1CCN(C(=O)c2ccc(-c3ccc4c(c3)OCCO4)s2)CC1. The Morgan fingerprint density at radius 3 is 2.50 bits per heavy atom. The molecule has 2 aliphatic rings. The molecular formula is C26H35N3O4S. The number of nitrogens with one attached hydrogen (secondary N) is 1. The van der Waals surface area contributed by atoms with Crippen LogP contribution >= 0.6 is 11.3 Å². The number of ether oxygens (including phenoxy) is 2. The van der Waals surface area contributed by atoms with Crippen LogP contribution in [0.5, 0.6) is 11.5 Å². The number of hydrogen-bond donors (Lipinski definition) is 1. The summed E-state index contributed by atoms with van der Waals surface area (Å²) >= 11 is 1.49. The first-order chi connectivity index (χ1) is 16.2. The van der Waals surface area contributed by atoms with Crippen molar-refractivity contribution in [1.82, 2.24) is 15.1 Å². The maximum absolute atomic E-state index is 13.1. The van der Waals surface area contributed by atoms with Gasteiger partial charge in [0.25, 0.3) is 5.91 Å². The van der Waals surface area contributed by atoms with Gasteiger partial charge in [0.2, 0.25) is 5.91 Å². The number of thiophene rings is 1. The van der Waals surface area contributed by atoms with E-state index in [1.807, 2.05) is 49.3 Å². The molecule has 1 aromatic carbocycles. The highest BCUT2D eigenvalue weighted by molar-refractivity contribution is 7.17. The van der Waals surface area contributed by atoms with E-state index in [9.17, 15) is 9.59 Å². The van der Waals surface area contributed by atoms with Crippen molar-refractivity contribution in [3.8, 4) is 21.9 Å². The van der Waals surface area contributed by atoms with Gasteiger partial charge in [-0.05, 0) is 68.2 Å². The summed E-state index contributed by atoms with van der Waals surface area (Å²) in [4.78, 5) is 31.6. The molecule has 34 heavy (non-hydrogen) atoms. The van der Waals surface area contributed by atoms with Gasteiger partial charge in [0.05, 0.1) is 4.88 Å². The Morgan fingerprint density at radius 1 is 1.09 bits per heavy atom. The van der Waals surface area contributed by atoms with Gasteiger partial charge in [-0.3, -0.25) is 9.59 Å². The van der Waals surface area contributed by atoms with Crippen LogP contribution in [0.3, 0.4) is 0 Å². The molecule has 0 spiro atoms. The number of piperidine rings is 1. The molecule has 1 fully saturated rings. The van der Waals surface area contributed by atoms with Crippen LogP contribution in [0.15, 0.2) is 30.3 Å². The molecule has 1 saturated heterocycles. The maximum atomic E-state index is 13.1. The van der Waals surface area contributed by atoms with E-state index >= 15 is 0 Å². The van der Waals surface area contributed by atoms with Crippen molar-refractivity contribution in [3.63, 3.8) is 0 Å². The van der Waals surface area contributed by atoms with E-state index in [4.69, 9.17) is 9.47 Å². The molecule has 0 aliphatic carbocycles. The number of amides is 2. The highest BCUT2D eigenvalue weighted by Gasteiger charge is 2.29. The molecule has 8 heteroatoms. The minimum atomic E-state index is -0.0317. The number of benzene rings is 1. The van der Waals surface area contributed by atoms with Crippen LogP contribution < -0.4 is 14.8 Å². The lowest BCUT2D eigenvalue weighted by Crippen LogP contribution is -2.45. The highest BCUT2D eigenvalue weighted by Crippen LogP contribution is 2.37. The molecule has 2 aromatic rings. The quantitative estimate of drug-likeness (QED) is 0.647. The third-order valence-corrected chi connectivity index (χ3v) is 7.40. The first kappa shape index (κ1) is 24.5. The maximum Gasteiger partial charge on any atom is 0.263 e. The Morgan fingerprint density at radius 2 is 1.79 bits per heavy atom. The van der Waals surface area contributed by atoms with Crippen molar-refractivity contribution >= 4 is 23.2 Å². The Bertz CT molecular complexity index is 1020. The van der Waals surface area contributed by atoms with Gasteiger partial charge in [0.15, 0.2) is 11.5 Å². The van der Waals surface area contributed by atoms with Crippen molar-refractivity contribution in [3.05, 3.63) is 35.2 Å². The monoisotopic (exact) mass is 485 g/mol. The Labute approximate surface area is 206 Å². The van der Waals surface area contributed by atoms with E-state index in [1.165, 1.54) is 11.3 Å². The van der Waals surface area contributed by atoms with Crippen LogP contribution in [-0.4, -0.2) is 75.1 Å². The van der Waals surface area contributed by atoms with Crippen molar-refractivity contribution in [2.24, 2.45) is 11.3 Å². The Balaban J connectivity index is 1.30. The second-order valence-corrected chi connectivity index (χ2v) is 11.3. The Kier molecular flexibility index (Phi) is 7.48. The van der Waals surface area contributed by atoms with Crippen LogP contribution in [0, 0.1) is 11.3 Å². The summed E-state index contributed by atoms with van der Waals surface area (Å²) in [6.45, 7) is 8.22. The smallest absolute Gasteiger partial charge is 0.263 e. The van der Waals surface area contributed by atoms with Crippen LogP contribution in [0.1, 0.15) is 36.4 Å². The van der Waals surface area contributed by atoms with E-state index in [1.54, 1.807) is 0 Å². The Hall–Kier alpha value is -2.58. The van der Waals surface area contributed by atoms with Gasteiger partial charge in [-0.25, -0.2) is 0 Å². The summed E-state index contributed by atoms with van der Waals surface area (Å²) in [5.74, 6) is 1.62. The number of fused-ring (bicyclic) bond motifs is 1.